The molecular formula is C27H36N5O3+. The van der Waals surface area contributed by atoms with Crippen LogP contribution >= 0.6 is 0 Å². The lowest BCUT2D eigenvalue weighted by atomic mass is 9.95. The van der Waals surface area contributed by atoms with E-state index in [-0.39, 0.29) is 23.7 Å². The number of piperidine rings is 1. The van der Waals surface area contributed by atoms with Crippen molar-refractivity contribution in [2.24, 2.45) is 5.92 Å². The van der Waals surface area contributed by atoms with E-state index in [0.717, 1.165) is 74.4 Å². The number of hydrogen-bond donors (Lipinski definition) is 2. The number of aromatic nitrogens is 3. The Hall–Kier alpha value is -3.26. The van der Waals surface area contributed by atoms with Gasteiger partial charge in [-0.25, -0.2) is 9.97 Å². The number of hydrogen-bond acceptors (Lipinski definition) is 5. The highest BCUT2D eigenvalue weighted by Gasteiger charge is 2.29. The lowest BCUT2D eigenvalue weighted by Crippen LogP contribution is -2.41. The second-order valence-corrected chi connectivity index (χ2v) is 9.62. The molecule has 1 saturated heterocycles. The molecule has 186 valence electrons. The van der Waals surface area contributed by atoms with E-state index in [0.29, 0.717) is 12.2 Å². The zero-order valence-corrected chi connectivity index (χ0v) is 20.7. The van der Waals surface area contributed by atoms with E-state index < -0.39 is 0 Å². The molecule has 35 heavy (non-hydrogen) atoms. The van der Waals surface area contributed by atoms with E-state index >= 15 is 0 Å². The lowest BCUT2D eigenvalue weighted by Gasteiger charge is -2.28. The van der Waals surface area contributed by atoms with Crippen molar-refractivity contribution in [1.29, 1.82) is 0 Å². The molecule has 1 atom stereocenters. The van der Waals surface area contributed by atoms with Crippen LogP contribution in [0.25, 0.3) is 22.7 Å². The number of carbonyl (C=O) groups is 2. The van der Waals surface area contributed by atoms with E-state index in [2.05, 4.69) is 32.4 Å². The molecule has 1 fully saturated rings. The zero-order valence-electron chi connectivity index (χ0n) is 20.7. The van der Waals surface area contributed by atoms with Gasteiger partial charge < -0.3 is 19.5 Å². The number of unbranched alkanes of at least 4 members (excludes halogenated alkanes) is 2. The van der Waals surface area contributed by atoms with Crippen LogP contribution in [-0.4, -0.2) is 46.9 Å². The fourth-order valence-corrected chi connectivity index (χ4v) is 4.58. The number of imidazole rings is 1. The quantitative estimate of drug-likeness (QED) is 0.402. The SMILES string of the molecule is CC(=O)CCCCC[C@H](NC(=O)C1CCN(C)CC1)c1[nH]c(-c2cc(-c3ccccc3)no2)c[nH+]1. The van der Waals surface area contributed by atoms with Crippen LogP contribution in [0.1, 0.15) is 63.7 Å². The summed E-state index contributed by atoms with van der Waals surface area (Å²) in [5.74, 6) is 1.85. The van der Waals surface area contributed by atoms with Gasteiger partial charge in [-0.15, -0.1) is 0 Å². The monoisotopic (exact) mass is 478 g/mol. The highest BCUT2D eigenvalue weighted by molar-refractivity contribution is 5.79. The maximum Gasteiger partial charge on any atom is 0.275 e. The van der Waals surface area contributed by atoms with Crippen molar-refractivity contribution >= 4 is 11.7 Å². The number of rotatable bonds is 11. The largest absolute Gasteiger partial charge is 0.352 e. The summed E-state index contributed by atoms with van der Waals surface area (Å²) in [5, 5.41) is 7.49. The molecule has 3 N–H and O–H groups in total. The van der Waals surface area contributed by atoms with Gasteiger partial charge in [0, 0.05) is 24.0 Å². The Bertz CT molecular complexity index is 1100. The Morgan fingerprint density at radius 1 is 1.20 bits per heavy atom. The normalized spacial score (nSPS) is 15.7. The predicted octanol–water partition coefficient (Wildman–Crippen LogP) is 4.19. The maximum atomic E-state index is 13.1. The van der Waals surface area contributed by atoms with Gasteiger partial charge in [-0.05, 0) is 52.7 Å². The molecule has 1 amide bonds. The van der Waals surface area contributed by atoms with Crippen LogP contribution in [0.15, 0.2) is 47.1 Å². The highest BCUT2D eigenvalue weighted by Crippen LogP contribution is 2.26. The molecular weight excluding hydrogens is 442 g/mol. The standard InChI is InChI=1S/C27H35N5O3/c1-19(33)9-5-3-8-12-22(30-27(34)21-13-15-32(2)16-14-21)26-28-18-24(29-26)25-17-23(31-35-25)20-10-6-4-7-11-20/h4,6-7,10-11,17-18,21-22H,3,5,8-9,12-16H2,1-2H3,(H,28,29)(H,30,34)/p+1/t22-/m0/s1. The number of aromatic amines is 2. The molecule has 3 heterocycles. The van der Waals surface area contributed by atoms with E-state index in [4.69, 9.17) is 4.52 Å². The van der Waals surface area contributed by atoms with Crippen LogP contribution in [0.5, 0.6) is 0 Å². The first kappa shape index (κ1) is 24.9. The fourth-order valence-electron chi connectivity index (χ4n) is 4.58. The number of ketones is 1. The third kappa shape index (κ3) is 6.88. The zero-order chi connectivity index (χ0) is 24.6. The van der Waals surface area contributed by atoms with E-state index in [1.165, 1.54) is 0 Å². The Balaban J connectivity index is 1.45. The van der Waals surface area contributed by atoms with Crippen molar-refractivity contribution in [3.8, 4) is 22.7 Å². The van der Waals surface area contributed by atoms with Gasteiger partial charge in [-0.2, -0.15) is 0 Å². The first-order valence-corrected chi connectivity index (χ1v) is 12.6. The van der Waals surface area contributed by atoms with Crippen molar-refractivity contribution in [3.05, 3.63) is 48.4 Å². The number of H-pyrrole nitrogens is 2. The first-order chi connectivity index (χ1) is 17.0. The van der Waals surface area contributed by atoms with Gasteiger partial charge in [0.25, 0.3) is 5.82 Å². The Kier molecular flexibility index (Phi) is 8.47. The molecule has 3 aromatic rings. The fraction of sp³-hybridized carbons (Fsp3) is 0.481. The summed E-state index contributed by atoms with van der Waals surface area (Å²) in [5.41, 5.74) is 2.55. The van der Waals surface area contributed by atoms with Crippen molar-refractivity contribution < 1.29 is 19.1 Å². The van der Waals surface area contributed by atoms with Crippen LogP contribution in [0, 0.1) is 5.92 Å². The lowest BCUT2D eigenvalue weighted by molar-refractivity contribution is -0.391. The summed E-state index contributed by atoms with van der Waals surface area (Å²) in [6.45, 7) is 3.52. The second kappa shape index (κ2) is 11.9. The van der Waals surface area contributed by atoms with Crippen molar-refractivity contribution in [2.45, 2.75) is 57.9 Å². The molecule has 8 nitrogen and oxygen atoms in total. The van der Waals surface area contributed by atoms with Crippen LogP contribution in [0.3, 0.4) is 0 Å². The minimum absolute atomic E-state index is 0.0450. The minimum atomic E-state index is -0.162. The molecule has 0 radical (unpaired) electrons. The third-order valence-corrected chi connectivity index (χ3v) is 6.76. The summed E-state index contributed by atoms with van der Waals surface area (Å²) in [6.07, 6.45) is 7.78. The number of benzene rings is 1. The van der Waals surface area contributed by atoms with Crippen molar-refractivity contribution in [3.63, 3.8) is 0 Å². The van der Waals surface area contributed by atoms with Crippen LogP contribution < -0.4 is 10.3 Å². The second-order valence-electron chi connectivity index (χ2n) is 9.62. The average Bonchev–Trinajstić information content (AvgIpc) is 3.54. The summed E-state index contributed by atoms with van der Waals surface area (Å²) in [7, 11) is 2.10. The van der Waals surface area contributed by atoms with E-state index in [1.54, 1.807) is 6.92 Å². The predicted molar refractivity (Wildman–Crippen MR) is 133 cm³/mol. The average molecular weight is 479 g/mol. The van der Waals surface area contributed by atoms with Gasteiger partial charge in [0.2, 0.25) is 17.4 Å². The molecule has 2 aromatic heterocycles. The van der Waals surface area contributed by atoms with E-state index in [1.807, 2.05) is 42.6 Å². The molecule has 1 aliphatic rings. The topological polar surface area (TPSA) is 105 Å². The Morgan fingerprint density at radius 2 is 1.97 bits per heavy atom. The summed E-state index contributed by atoms with van der Waals surface area (Å²) >= 11 is 0. The first-order valence-electron chi connectivity index (χ1n) is 12.6. The number of amides is 1. The number of nitrogens with zero attached hydrogens (tertiary/aromatic N) is 2. The molecule has 0 spiro atoms. The van der Waals surface area contributed by atoms with Gasteiger partial charge >= 0.3 is 0 Å². The summed E-state index contributed by atoms with van der Waals surface area (Å²) in [6, 6.07) is 11.6. The van der Waals surface area contributed by atoms with E-state index in [9.17, 15) is 9.59 Å². The summed E-state index contributed by atoms with van der Waals surface area (Å²) < 4.78 is 5.59. The molecule has 0 unspecified atom stereocenters. The molecule has 0 bridgehead atoms. The number of likely N-dealkylation sites (tertiary alicyclic amines) is 1. The minimum Gasteiger partial charge on any atom is -0.352 e. The van der Waals surface area contributed by atoms with Gasteiger partial charge in [0.15, 0.2) is 0 Å². The molecule has 8 heteroatoms. The number of Topliss-reactive ketones (excluding diaryl/α,β-unsaturated/α-hetero) is 1. The van der Waals surface area contributed by atoms with Gasteiger partial charge in [-0.3, -0.25) is 4.79 Å². The smallest absolute Gasteiger partial charge is 0.275 e. The summed E-state index contributed by atoms with van der Waals surface area (Å²) in [4.78, 5) is 33.3. The van der Waals surface area contributed by atoms with Gasteiger partial charge in [-0.1, -0.05) is 48.3 Å². The van der Waals surface area contributed by atoms with Crippen molar-refractivity contribution in [1.82, 2.24) is 20.4 Å². The molecule has 4 rings (SSSR count). The molecule has 0 saturated carbocycles. The van der Waals surface area contributed by atoms with Gasteiger partial charge in [0.1, 0.15) is 23.7 Å². The van der Waals surface area contributed by atoms with Gasteiger partial charge in [0.05, 0.1) is 0 Å². The maximum absolute atomic E-state index is 13.1. The van der Waals surface area contributed by atoms with Crippen LogP contribution in [0.2, 0.25) is 0 Å². The number of nitrogens with one attached hydrogen (secondary N) is 3. The molecule has 1 aliphatic heterocycles. The third-order valence-electron chi connectivity index (χ3n) is 6.76. The number of carbonyl (C=O) groups excluding carboxylic acids is 2. The van der Waals surface area contributed by atoms with Crippen molar-refractivity contribution in [2.75, 3.05) is 20.1 Å². The Morgan fingerprint density at radius 3 is 2.71 bits per heavy atom. The van der Waals surface area contributed by atoms with Crippen LogP contribution in [0.4, 0.5) is 0 Å². The highest BCUT2D eigenvalue weighted by atomic mass is 16.5. The van der Waals surface area contributed by atoms with Crippen LogP contribution in [-0.2, 0) is 9.59 Å². The molecule has 1 aromatic carbocycles. The molecule has 0 aliphatic carbocycles. The Labute approximate surface area is 206 Å².